The van der Waals surface area contributed by atoms with E-state index in [1.54, 1.807) is 0 Å². The average molecular weight is 387 g/mol. The first-order chi connectivity index (χ1) is 13.0. The van der Waals surface area contributed by atoms with Crippen molar-refractivity contribution in [2.75, 3.05) is 6.61 Å². The van der Waals surface area contributed by atoms with Gasteiger partial charge in [0.25, 0.3) is 0 Å². The molecule has 0 aromatic heterocycles. The SMILES string of the molecule is CCCCCCCCCCCC=CC(=O)C[C@@H]1OC(CO)[C@@H](O)[C@H](O)C1O. The molecule has 158 valence electrons. The van der Waals surface area contributed by atoms with Gasteiger partial charge in [-0.1, -0.05) is 64.4 Å². The number of carbonyl (C=O) groups is 1. The Bertz CT molecular complexity index is 423. The Labute approximate surface area is 163 Å². The summed E-state index contributed by atoms with van der Waals surface area (Å²) in [4.78, 5) is 12.0. The summed E-state index contributed by atoms with van der Waals surface area (Å²) in [5.41, 5.74) is 0. The van der Waals surface area contributed by atoms with Gasteiger partial charge in [0, 0.05) is 6.42 Å². The lowest BCUT2D eigenvalue weighted by molar-refractivity contribution is -0.229. The lowest BCUT2D eigenvalue weighted by Crippen LogP contribution is -2.58. The first-order valence-corrected chi connectivity index (χ1v) is 10.5. The maximum atomic E-state index is 12.0. The van der Waals surface area contributed by atoms with Crippen molar-refractivity contribution in [2.45, 2.75) is 108 Å². The number of allylic oxidation sites excluding steroid dienone is 2. The van der Waals surface area contributed by atoms with Crippen LogP contribution in [0.5, 0.6) is 0 Å². The van der Waals surface area contributed by atoms with Crippen molar-refractivity contribution < 1.29 is 30.0 Å². The fourth-order valence-corrected chi connectivity index (χ4v) is 3.40. The molecular formula is C21H38O6. The van der Waals surface area contributed by atoms with Crippen LogP contribution >= 0.6 is 0 Å². The number of hydrogen-bond acceptors (Lipinski definition) is 6. The molecule has 0 saturated carbocycles. The third-order valence-corrected chi connectivity index (χ3v) is 5.17. The summed E-state index contributed by atoms with van der Waals surface area (Å²) in [5.74, 6) is -0.199. The number of carbonyl (C=O) groups excluding carboxylic acids is 1. The lowest BCUT2D eigenvalue weighted by atomic mass is 9.92. The lowest BCUT2D eigenvalue weighted by Gasteiger charge is -2.39. The predicted molar refractivity (Wildman–Crippen MR) is 104 cm³/mol. The van der Waals surface area contributed by atoms with Crippen LogP contribution in [0, 0.1) is 0 Å². The fourth-order valence-electron chi connectivity index (χ4n) is 3.40. The summed E-state index contributed by atoms with van der Waals surface area (Å²) >= 11 is 0. The van der Waals surface area contributed by atoms with Gasteiger partial charge in [0.15, 0.2) is 5.78 Å². The Morgan fingerprint density at radius 3 is 2.00 bits per heavy atom. The molecule has 1 aliphatic heterocycles. The molecule has 0 aromatic rings. The molecule has 27 heavy (non-hydrogen) atoms. The molecule has 1 heterocycles. The number of aliphatic hydroxyl groups excluding tert-OH is 4. The van der Waals surface area contributed by atoms with Crippen LogP contribution in [0.3, 0.4) is 0 Å². The van der Waals surface area contributed by atoms with E-state index < -0.39 is 37.1 Å². The number of ketones is 1. The number of rotatable bonds is 14. The summed E-state index contributed by atoms with van der Waals surface area (Å²) in [5, 5.41) is 38.6. The molecule has 0 amide bonds. The molecule has 0 aliphatic carbocycles. The second-order valence-corrected chi connectivity index (χ2v) is 7.56. The highest BCUT2D eigenvalue weighted by atomic mass is 16.5. The highest BCUT2D eigenvalue weighted by Crippen LogP contribution is 2.23. The minimum Gasteiger partial charge on any atom is -0.394 e. The van der Waals surface area contributed by atoms with Crippen molar-refractivity contribution in [3.8, 4) is 0 Å². The molecule has 0 spiro atoms. The molecular weight excluding hydrogens is 348 g/mol. The third kappa shape index (κ3) is 9.30. The zero-order valence-electron chi connectivity index (χ0n) is 16.6. The molecule has 2 unspecified atom stereocenters. The quantitative estimate of drug-likeness (QED) is 0.269. The predicted octanol–water partition coefficient (Wildman–Crippen LogP) is 2.27. The molecule has 0 bridgehead atoms. The van der Waals surface area contributed by atoms with Gasteiger partial charge in [-0.15, -0.1) is 0 Å². The Kier molecular flexibility index (Phi) is 12.8. The molecule has 4 N–H and O–H groups in total. The van der Waals surface area contributed by atoms with E-state index in [9.17, 15) is 20.1 Å². The zero-order valence-corrected chi connectivity index (χ0v) is 16.6. The topological polar surface area (TPSA) is 107 Å². The molecule has 1 fully saturated rings. The summed E-state index contributed by atoms with van der Waals surface area (Å²) < 4.78 is 5.34. The van der Waals surface area contributed by atoms with Crippen LogP contribution in [0.2, 0.25) is 0 Å². The largest absolute Gasteiger partial charge is 0.394 e. The van der Waals surface area contributed by atoms with E-state index in [1.807, 2.05) is 6.08 Å². The van der Waals surface area contributed by atoms with Crippen molar-refractivity contribution >= 4 is 5.78 Å². The summed E-state index contributed by atoms with van der Waals surface area (Å²) in [6.45, 7) is 1.74. The van der Waals surface area contributed by atoms with E-state index in [4.69, 9.17) is 9.84 Å². The third-order valence-electron chi connectivity index (χ3n) is 5.17. The molecule has 6 nitrogen and oxygen atoms in total. The van der Waals surface area contributed by atoms with Crippen LogP contribution < -0.4 is 0 Å². The second kappa shape index (κ2) is 14.2. The summed E-state index contributed by atoms with van der Waals surface area (Å²) in [6.07, 6.45) is 9.37. The molecule has 0 aromatic carbocycles. The second-order valence-electron chi connectivity index (χ2n) is 7.56. The van der Waals surface area contributed by atoms with Gasteiger partial charge in [-0.05, 0) is 18.9 Å². The Morgan fingerprint density at radius 1 is 0.852 bits per heavy atom. The Morgan fingerprint density at radius 2 is 1.41 bits per heavy atom. The normalized spacial score (nSPS) is 28.7. The molecule has 6 heteroatoms. The number of aliphatic hydroxyl groups is 4. The molecule has 0 radical (unpaired) electrons. The van der Waals surface area contributed by atoms with Gasteiger partial charge in [-0.3, -0.25) is 4.79 Å². The van der Waals surface area contributed by atoms with E-state index in [1.165, 1.54) is 57.4 Å². The van der Waals surface area contributed by atoms with Crippen LogP contribution in [-0.2, 0) is 9.53 Å². The summed E-state index contributed by atoms with van der Waals surface area (Å²) in [7, 11) is 0. The van der Waals surface area contributed by atoms with Gasteiger partial charge in [-0.2, -0.15) is 0 Å². The number of ether oxygens (including phenoxy) is 1. The van der Waals surface area contributed by atoms with Crippen LogP contribution in [0.25, 0.3) is 0 Å². The van der Waals surface area contributed by atoms with Crippen LogP contribution in [0.4, 0.5) is 0 Å². The first kappa shape index (κ1) is 24.2. The summed E-state index contributed by atoms with van der Waals surface area (Å²) in [6, 6.07) is 0. The maximum absolute atomic E-state index is 12.0. The van der Waals surface area contributed by atoms with Crippen LogP contribution in [0.15, 0.2) is 12.2 Å². The standard InChI is InChI=1S/C21H38O6/c1-2-3-4-5-6-7-8-9-10-11-12-13-16(23)14-17-19(24)21(26)20(25)18(15-22)27-17/h12-13,17-22,24-26H,2-11,14-15H2,1H3/t17-,18?,19?,20+,21+/m0/s1. The van der Waals surface area contributed by atoms with Gasteiger partial charge in [0.1, 0.15) is 24.4 Å². The highest BCUT2D eigenvalue weighted by molar-refractivity contribution is 5.90. The molecule has 1 aliphatic rings. The fraction of sp³-hybridized carbons (Fsp3) is 0.857. The monoisotopic (exact) mass is 386 g/mol. The molecule has 1 saturated heterocycles. The van der Waals surface area contributed by atoms with Crippen molar-refractivity contribution in [2.24, 2.45) is 0 Å². The van der Waals surface area contributed by atoms with Crippen molar-refractivity contribution in [3.63, 3.8) is 0 Å². The van der Waals surface area contributed by atoms with E-state index in [2.05, 4.69) is 6.92 Å². The smallest absolute Gasteiger partial charge is 0.158 e. The van der Waals surface area contributed by atoms with E-state index >= 15 is 0 Å². The van der Waals surface area contributed by atoms with E-state index in [-0.39, 0.29) is 12.2 Å². The van der Waals surface area contributed by atoms with Gasteiger partial charge in [0.05, 0.1) is 12.7 Å². The van der Waals surface area contributed by atoms with E-state index in [0.717, 1.165) is 12.8 Å². The van der Waals surface area contributed by atoms with Gasteiger partial charge in [0.2, 0.25) is 0 Å². The first-order valence-electron chi connectivity index (χ1n) is 10.5. The van der Waals surface area contributed by atoms with Crippen LogP contribution in [-0.4, -0.2) is 63.3 Å². The number of hydrogen-bond donors (Lipinski definition) is 4. The minimum absolute atomic E-state index is 0.0876. The Hall–Kier alpha value is -0.790. The number of unbranched alkanes of at least 4 members (excludes halogenated alkanes) is 9. The van der Waals surface area contributed by atoms with E-state index in [0.29, 0.717) is 0 Å². The average Bonchev–Trinajstić information content (AvgIpc) is 2.66. The van der Waals surface area contributed by atoms with Crippen molar-refractivity contribution in [1.82, 2.24) is 0 Å². The molecule has 1 rings (SSSR count). The van der Waals surface area contributed by atoms with Gasteiger partial charge in [-0.25, -0.2) is 0 Å². The highest BCUT2D eigenvalue weighted by Gasteiger charge is 2.43. The van der Waals surface area contributed by atoms with Crippen LogP contribution in [0.1, 0.15) is 77.6 Å². The van der Waals surface area contributed by atoms with Crippen molar-refractivity contribution in [1.29, 1.82) is 0 Å². The molecule has 5 atom stereocenters. The Balaban J connectivity index is 2.15. The minimum atomic E-state index is -1.43. The van der Waals surface area contributed by atoms with Gasteiger partial charge >= 0.3 is 0 Å². The zero-order chi connectivity index (χ0) is 20.1. The van der Waals surface area contributed by atoms with Gasteiger partial charge < -0.3 is 25.2 Å². The van der Waals surface area contributed by atoms with Crippen molar-refractivity contribution in [3.05, 3.63) is 12.2 Å². The maximum Gasteiger partial charge on any atom is 0.158 e.